The van der Waals surface area contributed by atoms with E-state index in [4.69, 9.17) is 9.47 Å². The van der Waals surface area contributed by atoms with Crippen LogP contribution >= 0.6 is 0 Å². The zero-order valence-corrected chi connectivity index (χ0v) is 19.1. The SMILES string of the molecule is CCOC(=O)c1cc(-c2ccc(C)cc2)n(CCC(=O)NCc2cccc(OC)c2)c1C. The number of methoxy groups -OCH3 is 1. The molecule has 2 aromatic carbocycles. The van der Waals surface area contributed by atoms with Gasteiger partial charge in [0.1, 0.15) is 5.75 Å². The fourth-order valence-corrected chi connectivity index (χ4v) is 3.60. The Hall–Kier alpha value is -3.54. The quantitative estimate of drug-likeness (QED) is 0.497. The third kappa shape index (κ3) is 5.58. The molecule has 0 aliphatic carbocycles. The van der Waals surface area contributed by atoms with E-state index in [1.54, 1.807) is 14.0 Å². The Morgan fingerprint density at radius 1 is 1.03 bits per heavy atom. The molecule has 0 aliphatic heterocycles. The molecule has 0 saturated carbocycles. The van der Waals surface area contributed by atoms with Crippen molar-refractivity contribution in [2.45, 2.75) is 40.3 Å². The number of hydrogen-bond acceptors (Lipinski definition) is 4. The summed E-state index contributed by atoms with van der Waals surface area (Å²) in [4.78, 5) is 25.0. The predicted molar refractivity (Wildman–Crippen MR) is 125 cm³/mol. The first-order valence-corrected chi connectivity index (χ1v) is 10.8. The summed E-state index contributed by atoms with van der Waals surface area (Å²) in [6, 6.07) is 17.6. The Labute approximate surface area is 189 Å². The largest absolute Gasteiger partial charge is 0.497 e. The average molecular weight is 435 g/mol. The van der Waals surface area contributed by atoms with Crippen LogP contribution < -0.4 is 10.1 Å². The maximum absolute atomic E-state index is 12.5. The Balaban J connectivity index is 1.75. The van der Waals surface area contributed by atoms with Gasteiger partial charge in [-0.2, -0.15) is 0 Å². The van der Waals surface area contributed by atoms with Crippen molar-refractivity contribution in [1.82, 2.24) is 9.88 Å². The maximum atomic E-state index is 12.5. The van der Waals surface area contributed by atoms with E-state index >= 15 is 0 Å². The van der Waals surface area contributed by atoms with Crippen LogP contribution in [-0.2, 0) is 22.6 Å². The standard InChI is InChI=1S/C26H30N2O4/c1-5-32-26(30)23-16-24(21-11-9-18(2)10-12-21)28(19(23)3)14-13-25(29)27-17-20-7-6-8-22(15-20)31-4/h6-12,15-16H,5,13-14,17H2,1-4H3,(H,27,29). The van der Waals surface area contributed by atoms with E-state index in [-0.39, 0.29) is 11.9 Å². The number of amides is 1. The number of nitrogens with zero attached hydrogens (tertiary/aromatic N) is 1. The van der Waals surface area contributed by atoms with E-state index in [0.717, 1.165) is 33.8 Å². The number of carbonyl (C=O) groups excluding carboxylic acids is 2. The van der Waals surface area contributed by atoms with Gasteiger partial charge in [0.25, 0.3) is 0 Å². The third-order valence-corrected chi connectivity index (χ3v) is 5.40. The highest BCUT2D eigenvalue weighted by atomic mass is 16.5. The molecule has 0 saturated heterocycles. The minimum absolute atomic E-state index is 0.0616. The lowest BCUT2D eigenvalue weighted by molar-refractivity contribution is -0.121. The van der Waals surface area contributed by atoms with Gasteiger partial charge in [0.05, 0.1) is 19.3 Å². The summed E-state index contributed by atoms with van der Waals surface area (Å²) in [5.74, 6) is 0.349. The Morgan fingerprint density at radius 2 is 1.78 bits per heavy atom. The molecule has 0 unspecified atom stereocenters. The van der Waals surface area contributed by atoms with Crippen LogP contribution in [0.4, 0.5) is 0 Å². The van der Waals surface area contributed by atoms with Gasteiger partial charge in [-0.25, -0.2) is 4.79 Å². The molecule has 3 aromatic rings. The molecule has 3 rings (SSSR count). The van der Waals surface area contributed by atoms with Gasteiger partial charge in [0, 0.05) is 30.9 Å². The van der Waals surface area contributed by atoms with E-state index in [0.29, 0.717) is 31.7 Å². The van der Waals surface area contributed by atoms with Gasteiger partial charge >= 0.3 is 5.97 Å². The maximum Gasteiger partial charge on any atom is 0.339 e. The lowest BCUT2D eigenvalue weighted by Crippen LogP contribution is -2.24. The molecule has 0 spiro atoms. The van der Waals surface area contributed by atoms with Crippen molar-refractivity contribution in [2.24, 2.45) is 0 Å². The van der Waals surface area contributed by atoms with Gasteiger partial charge < -0.3 is 19.4 Å². The van der Waals surface area contributed by atoms with Crippen molar-refractivity contribution >= 4 is 11.9 Å². The molecule has 6 heteroatoms. The van der Waals surface area contributed by atoms with Crippen molar-refractivity contribution in [3.05, 3.63) is 77.0 Å². The molecule has 1 aromatic heterocycles. The summed E-state index contributed by atoms with van der Waals surface area (Å²) in [5, 5.41) is 2.96. The average Bonchev–Trinajstić information content (AvgIpc) is 3.13. The lowest BCUT2D eigenvalue weighted by atomic mass is 10.1. The zero-order valence-electron chi connectivity index (χ0n) is 19.1. The molecule has 168 valence electrons. The van der Waals surface area contributed by atoms with Gasteiger partial charge in [-0.05, 0) is 50.1 Å². The summed E-state index contributed by atoms with van der Waals surface area (Å²) in [7, 11) is 1.62. The Morgan fingerprint density at radius 3 is 2.47 bits per heavy atom. The highest BCUT2D eigenvalue weighted by Crippen LogP contribution is 2.27. The molecule has 6 nitrogen and oxygen atoms in total. The van der Waals surface area contributed by atoms with Crippen molar-refractivity contribution in [3.63, 3.8) is 0 Å². The van der Waals surface area contributed by atoms with E-state index in [9.17, 15) is 9.59 Å². The molecular weight excluding hydrogens is 404 g/mol. The van der Waals surface area contributed by atoms with E-state index in [1.807, 2.05) is 73.0 Å². The Kier molecular flexibility index (Phi) is 7.71. The molecular formula is C26H30N2O4. The van der Waals surface area contributed by atoms with E-state index in [2.05, 4.69) is 5.32 Å². The molecule has 32 heavy (non-hydrogen) atoms. The van der Waals surface area contributed by atoms with Crippen LogP contribution in [0.3, 0.4) is 0 Å². The number of esters is 1. The molecule has 0 radical (unpaired) electrons. The van der Waals surface area contributed by atoms with Crippen molar-refractivity contribution < 1.29 is 19.1 Å². The Bertz CT molecular complexity index is 1080. The summed E-state index contributed by atoms with van der Waals surface area (Å²) >= 11 is 0. The number of aromatic nitrogens is 1. The number of hydrogen-bond donors (Lipinski definition) is 1. The third-order valence-electron chi connectivity index (χ3n) is 5.40. The highest BCUT2D eigenvalue weighted by molar-refractivity contribution is 5.92. The van der Waals surface area contributed by atoms with Gasteiger partial charge in [-0.1, -0.05) is 42.0 Å². The normalized spacial score (nSPS) is 10.6. The van der Waals surface area contributed by atoms with E-state index < -0.39 is 0 Å². The summed E-state index contributed by atoms with van der Waals surface area (Å²) in [6.07, 6.45) is 0.292. The van der Waals surface area contributed by atoms with Crippen LogP contribution in [0, 0.1) is 13.8 Å². The second-order valence-electron chi connectivity index (χ2n) is 7.65. The summed E-state index contributed by atoms with van der Waals surface area (Å²) in [6.45, 7) is 6.91. The molecule has 1 amide bonds. The number of rotatable bonds is 9. The monoisotopic (exact) mass is 434 g/mol. The van der Waals surface area contributed by atoms with Crippen molar-refractivity contribution in [3.8, 4) is 17.0 Å². The smallest absolute Gasteiger partial charge is 0.339 e. The zero-order chi connectivity index (χ0) is 23.1. The lowest BCUT2D eigenvalue weighted by Gasteiger charge is -2.13. The second-order valence-corrected chi connectivity index (χ2v) is 7.65. The molecule has 1 N–H and O–H groups in total. The number of benzene rings is 2. The van der Waals surface area contributed by atoms with Gasteiger partial charge in [0.2, 0.25) is 5.91 Å². The molecule has 0 fully saturated rings. The minimum atomic E-state index is -0.348. The first-order valence-electron chi connectivity index (χ1n) is 10.8. The van der Waals surface area contributed by atoms with E-state index in [1.165, 1.54) is 0 Å². The first-order chi connectivity index (χ1) is 15.4. The van der Waals surface area contributed by atoms with Crippen LogP contribution in [-0.4, -0.2) is 30.2 Å². The fraction of sp³-hybridized carbons (Fsp3) is 0.308. The number of aryl methyl sites for hydroxylation is 1. The fourth-order valence-electron chi connectivity index (χ4n) is 3.60. The van der Waals surface area contributed by atoms with Crippen LogP contribution in [0.5, 0.6) is 5.75 Å². The van der Waals surface area contributed by atoms with Crippen LogP contribution in [0.2, 0.25) is 0 Å². The van der Waals surface area contributed by atoms with Gasteiger partial charge in [-0.3, -0.25) is 4.79 Å². The van der Waals surface area contributed by atoms with Crippen LogP contribution in [0.1, 0.15) is 40.5 Å². The minimum Gasteiger partial charge on any atom is -0.497 e. The second kappa shape index (κ2) is 10.7. The van der Waals surface area contributed by atoms with Crippen LogP contribution in [0.15, 0.2) is 54.6 Å². The number of nitrogens with one attached hydrogen (secondary N) is 1. The number of carbonyl (C=O) groups is 2. The van der Waals surface area contributed by atoms with Gasteiger partial charge in [0.15, 0.2) is 0 Å². The number of ether oxygens (including phenoxy) is 2. The van der Waals surface area contributed by atoms with Crippen molar-refractivity contribution in [2.75, 3.05) is 13.7 Å². The molecule has 0 aliphatic rings. The van der Waals surface area contributed by atoms with Crippen LogP contribution in [0.25, 0.3) is 11.3 Å². The first kappa shape index (κ1) is 23.1. The highest BCUT2D eigenvalue weighted by Gasteiger charge is 2.20. The predicted octanol–water partition coefficient (Wildman–Crippen LogP) is 4.66. The molecule has 1 heterocycles. The summed E-state index contributed by atoms with van der Waals surface area (Å²) in [5.41, 5.74) is 5.34. The van der Waals surface area contributed by atoms with Gasteiger partial charge in [-0.15, -0.1) is 0 Å². The summed E-state index contributed by atoms with van der Waals surface area (Å²) < 4.78 is 12.5. The molecule has 0 bridgehead atoms. The molecule has 0 atom stereocenters. The van der Waals surface area contributed by atoms with Crippen molar-refractivity contribution in [1.29, 1.82) is 0 Å². The topological polar surface area (TPSA) is 69.6 Å².